The highest BCUT2D eigenvalue weighted by Crippen LogP contribution is 2.34. The molecule has 1 unspecified atom stereocenters. The van der Waals surface area contributed by atoms with Crippen molar-refractivity contribution >= 4 is 17.3 Å². The summed E-state index contributed by atoms with van der Waals surface area (Å²) in [6, 6.07) is 4.82. The zero-order valence-electron chi connectivity index (χ0n) is 12.7. The molecule has 4 nitrogen and oxygen atoms in total. The molecule has 2 N–H and O–H groups in total. The third-order valence-electron chi connectivity index (χ3n) is 3.63. The van der Waals surface area contributed by atoms with Crippen LogP contribution in [-0.4, -0.2) is 44.1 Å². The molecule has 1 aromatic heterocycles. The van der Waals surface area contributed by atoms with Gasteiger partial charge in [0.1, 0.15) is 0 Å². The lowest BCUT2D eigenvalue weighted by Gasteiger charge is -2.25. The molecule has 0 bridgehead atoms. The summed E-state index contributed by atoms with van der Waals surface area (Å²) in [6.45, 7) is 4.72. The Balaban J connectivity index is 1.86. The molecule has 20 heavy (non-hydrogen) atoms. The van der Waals surface area contributed by atoms with Crippen LogP contribution < -0.4 is 10.6 Å². The first-order chi connectivity index (χ1) is 9.70. The molecule has 1 saturated carbocycles. The number of hydrogen-bond acceptors (Lipinski definition) is 3. The second-order valence-electron chi connectivity index (χ2n) is 5.52. The minimum atomic E-state index is 0.612. The smallest absolute Gasteiger partial charge is 0.191 e. The molecule has 0 aromatic carbocycles. The zero-order valence-corrected chi connectivity index (χ0v) is 13.5. The Morgan fingerprint density at radius 3 is 2.80 bits per heavy atom. The maximum Gasteiger partial charge on any atom is 0.191 e. The third-order valence-corrected chi connectivity index (χ3v) is 4.49. The van der Waals surface area contributed by atoms with E-state index in [1.807, 2.05) is 0 Å². The van der Waals surface area contributed by atoms with E-state index in [0.717, 1.165) is 31.5 Å². The minimum absolute atomic E-state index is 0.612. The lowest BCUT2D eigenvalue weighted by atomic mass is 10.1. The van der Waals surface area contributed by atoms with Gasteiger partial charge in [0.15, 0.2) is 5.96 Å². The summed E-state index contributed by atoms with van der Waals surface area (Å²) >= 11 is 1.76. The van der Waals surface area contributed by atoms with Crippen LogP contribution in [0.15, 0.2) is 22.5 Å². The van der Waals surface area contributed by atoms with E-state index in [9.17, 15) is 0 Å². The molecular formula is C15H26N4S. The van der Waals surface area contributed by atoms with Crippen LogP contribution in [0.3, 0.4) is 0 Å². The van der Waals surface area contributed by atoms with Crippen LogP contribution in [0, 0.1) is 5.92 Å². The molecule has 5 heteroatoms. The Labute approximate surface area is 126 Å². The molecule has 0 amide bonds. The van der Waals surface area contributed by atoms with Gasteiger partial charge in [-0.15, -0.1) is 11.3 Å². The van der Waals surface area contributed by atoms with Gasteiger partial charge >= 0.3 is 0 Å². The molecule has 0 saturated heterocycles. The van der Waals surface area contributed by atoms with E-state index in [2.05, 4.69) is 59.1 Å². The van der Waals surface area contributed by atoms with Crippen molar-refractivity contribution in [2.24, 2.45) is 10.9 Å². The van der Waals surface area contributed by atoms with Gasteiger partial charge < -0.3 is 15.5 Å². The van der Waals surface area contributed by atoms with Gasteiger partial charge in [-0.25, -0.2) is 4.99 Å². The summed E-state index contributed by atoms with van der Waals surface area (Å²) in [5.74, 6) is 1.78. The molecule has 1 aromatic rings. The lowest BCUT2D eigenvalue weighted by Crippen LogP contribution is -2.46. The van der Waals surface area contributed by atoms with Gasteiger partial charge in [0.25, 0.3) is 0 Å². The van der Waals surface area contributed by atoms with Crippen molar-refractivity contribution in [2.75, 3.05) is 27.2 Å². The average Bonchev–Trinajstić information content (AvgIpc) is 3.11. The van der Waals surface area contributed by atoms with Gasteiger partial charge in [-0.2, -0.15) is 0 Å². The predicted octanol–water partition coefficient (Wildman–Crippen LogP) is 2.14. The van der Waals surface area contributed by atoms with Crippen LogP contribution in [0.2, 0.25) is 0 Å². The Morgan fingerprint density at radius 2 is 2.25 bits per heavy atom. The van der Waals surface area contributed by atoms with Crippen LogP contribution in [0.1, 0.15) is 24.6 Å². The van der Waals surface area contributed by atoms with Crippen LogP contribution in [0.4, 0.5) is 0 Å². The monoisotopic (exact) mass is 294 g/mol. The number of hydrogen-bond donors (Lipinski definition) is 2. The molecule has 1 fully saturated rings. The van der Waals surface area contributed by atoms with Crippen LogP contribution in [-0.2, 0) is 6.54 Å². The third kappa shape index (κ3) is 4.80. The number of likely N-dealkylation sites (N-methyl/N-ethyl adjacent to an activating group) is 1. The van der Waals surface area contributed by atoms with Gasteiger partial charge in [0.05, 0.1) is 6.54 Å². The maximum absolute atomic E-state index is 4.65. The number of nitrogens with one attached hydrogen (secondary N) is 2. The highest BCUT2D eigenvalue weighted by atomic mass is 32.1. The molecular weight excluding hydrogens is 268 g/mol. The van der Waals surface area contributed by atoms with Crippen molar-refractivity contribution in [2.45, 2.75) is 32.4 Å². The first-order valence-corrected chi connectivity index (χ1v) is 8.29. The summed E-state index contributed by atoms with van der Waals surface area (Å²) in [4.78, 5) is 8.28. The van der Waals surface area contributed by atoms with Gasteiger partial charge in [-0.05, 0) is 51.2 Å². The fourth-order valence-electron chi connectivity index (χ4n) is 2.35. The van der Waals surface area contributed by atoms with Crippen molar-refractivity contribution in [3.8, 4) is 0 Å². The summed E-state index contributed by atoms with van der Waals surface area (Å²) < 4.78 is 0. The fraction of sp³-hybridized carbons (Fsp3) is 0.667. The highest BCUT2D eigenvalue weighted by Gasteiger charge is 2.32. The van der Waals surface area contributed by atoms with E-state index in [4.69, 9.17) is 0 Å². The van der Waals surface area contributed by atoms with Crippen LogP contribution >= 0.6 is 11.3 Å². The molecule has 0 aliphatic heterocycles. The molecule has 1 aliphatic carbocycles. The number of aliphatic imine (C=N–C) groups is 1. The Kier molecular flexibility index (Phi) is 5.86. The lowest BCUT2D eigenvalue weighted by molar-refractivity contribution is 0.264. The Morgan fingerprint density at radius 1 is 1.45 bits per heavy atom. The largest absolute Gasteiger partial charge is 0.357 e. The quantitative estimate of drug-likeness (QED) is 0.598. The highest BCUT2D eigenvalue weighted by molar-refractivity contribution is 7.09. The summed E-state index contributed by atoms with van der Waals surface area (Å²) in [7, 11) is 4.33. The van der Waals surface area contributed by atoms with Crippen molar-refractivity contribution < 1.29 is 0 Å². The van der Waals surface area contributed by atoms with Gasteiger partial charge in [-0.3, -0.25) is 0 Å². The van der Waals surface area contributed by atoms with E-state index in [1.54, 1.807) is 11.3 Å². The maximum atomic E-state index is 4.65. The van der Waals surface area contributed by atoms with E-state index in [1.165, 1.54) is 17.7 Å². The van der Waals surface area contributed by atoms with Crippen LogP contribution in [0.25, 0.3) is 0 Å². The first-order valence-electron chi connectivity index (χ1n) is 7.41. The number of thiophene rings is 1. The molecule has 1 heterocycles. The van der Waals surface area contributed by atoms with E-state index in [0.29, 0.717) is 6.04 Å². The average molecular weight is 294 g/mol. The van der Waals surface area contributed by atoms with E-state index >= 15 is 0 Å². The van der Waals surface area contributed by atoms with Gasteiger partial charge in [-0.1, -0.05) is 6.07 Å². The summed E-state index contributed by atoms with van der Waals surface area (Å²) in [5.41, 5.74) is 0. The zero-order chi connectivity index (χ0) is 14.4. The Hall–Kier alpha value is -1.07. The van der Waals surface area contributed by atoms with Crippen LogP contribution in [0.5, 0.6) is 0 Å². The van der Waals surface area contributed by atoms with E-state index < -0.39 is 0 Å². The number of rotatable bonds is 7. The van der Waals surface area contributed by atoms with Crippen molar-refractivity contribution in [3.05, 3.63) is 22.4 Å². The second kappa shape index (κ2) is 7.64. The minimum Gasteiger partial charge on any atom is -0.357 e. The molecule has 0 radical (unpaired) electrons. The fourth-order valence-corrected chi connectivity index (χ4v) is 2.98. The molecule has 0 spiro atoms. The molecule has 1 aliphatic rings. The number of nitrogens with zero attached hydrogens (tertiary/aromatic N) is 2. The molecule has 2 rings (SSSR count). The summed E-state index contributed by atoms with van der Waals surface area (Å²) in [6.07, 6.45) is 2.74. The second-order valence-corrected chi connectivity index (χ2v) is 6.56. The van der Waals surface area contributed by atoms with Gasteiger partial charge in [0, 0.05) is 24.0 Å². The SMILES string of the molecule is CCNC(=NCc1cccs1)NCC(C1CC1)N(C)C. The van der Waals surface area contributed by atoms with Crippen molar-refractivity contribution in [1.82, 2.24) is 15.5 Å². The molecule has 112 valence electrons. The predicted molar refractivity (Wildman–Crippen MR) is 87.3 cm³/mol. The molecule has 1 atom stereocenters. The van der Waals surface area contributed by atoms with Crippen molar-refractivity contribution in [1.29, 1.82) is 0 Å². The summed E-state index contributed by atoms with van der Waals surface area (Å²) in [5, 5.41) is 8.91. The first kappa shape index (κ1) is 15.3. The van der Waals surface area contributed by atoms with Gasteiger partial charge in [0.2, 0.25) is 0 Å². The normalized spacial score (nSPS) is 17.3. The Bertz CT molecular complexity index is 408. The number of guanidine groups is 1. The van der Waals surface area contributed by atoms with E-state index in [-0.39, 0.29) is 0 Å². The van der Waals surface area contributed by atoms with Crippen molar-refractivity contribution in [3.63, 3.8) is 0 Å². The topological polar surface area (TPSA) is 39.7 Å². The standard InChI is InChI=1S/C15H26N4S/c1-4-16-15(17-10-13-6-5-9-20-13)18-11-14(19(2)3)12-7-8-12/h5-6,9,12,14H,4,7-8,10-11H2,1-3H3,(H2,16,17,18).